The number of terminal acetylenes is 1. The first-order valence-electron chi connectivity index (χ1n) is 7.99. The molecule has 0 heterocycles. The molecular formula is C21H16F3NO2. The van der Waals surface area contributed by atoms with Crippen LogP contribution in [-0.4, -0.2) is 31.8 Å². The number of carbonyl (C=O) groups excluding carboxylic acids is 1. The average molecular weight is 371 g/mol. The Morgan fingerprint density at radius 3 is 2.07 bits per heavy atom. The van der Waals surface area contributed by atoms with Gasteiger partial charge in [-0.1, -0.05) is 42.0 Å². The van der Waals surface area contributed by atoms with Gasteiger partial charge in [0, 0.05) is 17.7 Å². The van der Waals surface area contributed by atoms with Gasteiger partial charge in [0.05, 0.1) is 6.61 Å². The Bertz CT molecular complexity index is 867. The van der Waals surface area contributed by atoms with E-state index in [1.165, 1.54) is 0 Å². The van der Waals surface area contributed by atoms with E-state index in [9.17, 15) is 18.0 Å². The number of halogens is 3. The molecule has 0 aliphatic heterocycles. The highest BCUT2D eigenvalue weighted by atomic mass is 19.4. The molecule has 0 fully saturated rings. The standard InChI is InChI=1S/C21H16F3NO2/c1-2-16-5-9-18(10-6-16)19-11-7-17(8-12-19)4-3-14-27-15-13-25-20(26)21(22,23)24/h1,5-12H,13-15H2,(H,25,26). The van der Waals surface area contributed by atoms with E-state index in [1.807, 2.05) is 48.5 Å². The maximum absolute atomic E-state index is 12.0. The lowest BCUT2D eigenvalue weighted by molar-refractivity contribution is -0.173. The van der Waals surface area contributed by atoms with Gasteiger partial charge in [0.15, 0.2) is 0 Å². The van der Waals surface area contributed by atoms with Crippen molar-refractivity contribution in [2.75, 3.05) is 19.8 Å². The Morgan fingerprint density at radius 2 is 1.56 bits per heavy atom. The van der Waals surface area contributed by atoms with Gasteiger partial charge in [-0.2, -0.15) is 13.2 Å². The third kappa shape index (κ3) is 6.54. The number of alkyl halides is 3. The molecule has 2 aromatic carbocycles. The summed E-state index contributed by atoms with van der Waals surface area (Å²) >= 11 is 0. The highest BCUT2D eigenvalue weighted by Gasteiger charge is 2.38. The van der Waals surface area contributed by atoms with E-state index in [2.05, 4.69) is 17.8 Å². The maximum Gasteiger partial charge on any atom is 0.471 e. The van der Waals surface area contributed by atoms with Gasteiger partial charge in [0.2, 0.25) is 0 Å². The predicted octanol–water partition coefficient (Wildman–Crippen LogP) is 3.38. The van der Waals surface area contributed by atoms with Crippen LogP contribution in [0.25, 0.3) is 11.1 Å². The van der Waals surface area contributed by atoms with Gasteiger partial charge in [-0.3, -0.25) is 4.79 Å². The molecule has 3 nitrogen and oxygen atoms in total. The minimum absolute atomic E-state index is 0.0525. The summed E-state index contributed by atoms with van der Waals surface area (Å²) in [5.41, 5.74) is 3.67. The highest BCUT2D eigenvalue weighted by Crippen LogP contribution is 2.20. The summed E-state index contributed by atoms with van der Waals surface area (Å²) in [6.07, 6.45) is 0.455. The van der Waals surface area contributed by atoms with Crippen LogP contribution in [0.3, 0.4) is 0 Å². The highest BCUT2D eigenvalue weighted by molar-refractivity contribution is 5.81. The fourth-order valence-electron chi connectivity index (χ4n) is 2.10. The fraction of sp³-hybridized carbons (Fsp3) is 0.190. The van der Waals surface area contributed by atoms with E-state index in [0.29, 0.717) is 0 Å². The monoisotopic (exact) mass is 371 g/mol. The first-order valence-corrected chi connectivity index (χ1v) is 7.99. The lowest BCUT2D eigenvalue weighted by Gasteiger charge is -2.06. The molecule has 0 aliphatic carbocycles. The zero-order valence-electron chi connectivity index (χ0n) is 14.3. The second-order valence-corrected chi connectivity index (χ2v) is 5.41. The summed E-state index contributed by atoms with van der Waals surface area (Å²) < 4.78 is 40.9. The maximum atomic E-state index is 12.0. The topological polar surface area (TPSA) is 38.3 Å². The molecule has 2 aromatic rings. The molecule has 6 heteroatoms. The van der Waals surface area contributed by atoms with Gasteiger partial charge in [-0.25, -0.2) is 0 Å². The zero-order valence-corrected chi connectivity index (χ0v) is 14.3. The molecule has 0 saturated heterocycles. The number of hydrogen-bond donors (Lipinski definition) is 1. The van der Waals surface area contributed by atoms with Gasteiger partial charge < -0.3 is 10.1 Å². The molecule has 0 aromatic heterocycles. The molecule has 0 atom stereocenters. The number of benzene rings is 2. The molecule has 27 heavy (non-hydrogen) atoms. The molecule has 1 amide bonds. The molecule has 0 radical (unpaired) electrons. The van der Waals surface area contributed by atoms with E-state index in [-0.39, 0.29) is 19.8 Å². The average Bonchev–Trinajstić information content (AvgIpc) is 2.67. The molecule has 0 spiro atoms. The smallest absolute Gasteiger partial charge is 0.367 e. The third-order valence-corrected chi connectivity index (χ3v) is 3.47. The van der Waals surface area contributed by atoms with Crippen LogP contribution in [0, 0.1) is 24.2 Å². The quantitative estimate of drug-likeness (QED) is 0.646. The SMILES string of the molecule is C#Cc1ccc(-c2ccc(C#CCOCCNC(=O)C(F)(F)F)cc2)cc1. The molecule has 138 valence electrons. The number of ether oxygens (including phenoxy) is 1. The van der Waals surface area contributed by atoms with Crippen molar-refractivity contribution in [3.05, 3.63) is 59.7 Å². The van der Waals surface area contributed by atoms with Crippen LogP contribution in [0.15, 0.2) is 48.5 Å². The Balaban J connectivity index is 1.77. The van der Waals surface area contributed by atoms with Crippen molar-refractivity contribution in [2.45, 2.75) is 6.18 Å². The molecule has 2 rings (SSSR count). The molecular weight excluding hydrogens is 355 g/mol. The van der Waals surface area contributed by atoms with Gasteiger partial charge in [0.1, 0.15) is 6.61 Å². The Kier molecular flexibility index (Phi) is 7.05. The molecule has 1 N–H and O–H groups in total. The van der Waals surface area contributed by atoms with Crippen molar-refractivity contribution >= 4 is 5.91 Å². The van der Waals surface area contributed by atoms with Crippen LogP contribution in [0.1, 0.15) is 11.1 Å². The van der Waals surface area contributed by atoms with Gasteiger partial charge in [0.25, 0.3) is 0 Å². The van der Waals surface area contributed by atoms with E-state index in [1.54, 1.807) is 5.32 Å². The van der Waals surface area contributed by atoms with E-state index in [0.717, 1.165) is 22.3 Å². The van der Waals surface area contributed by atoms with Crippen molar-refractivity contribution in [3.63, 3.8) is 0 Å². The summed E-state index contributed by atoms with van der Waals surface area (Å²) in [6, 6.07) is 15.2. The first kappa shape index (κ1) is 20.1. The van der Waals surface area contributed by atoms with Crippen LogP contribution >= 0.6 is 0 Å². The lowest BCUT2D eigenvalue weighted by Crippen LogP contribution is -2.38. The van der Waals surface area contributed by atoms with Crippen LogP contribution in [0.4, 0.5) is 13.2 Å². The minimum Gasteiger partial charge on any atom is -0.367 e. The summed E-state index contributed by atoms with van der Waals surface area (Å²) in [7, 11) is 0. The minimum atomic E-state index is -4.88. The Hall–Kier alpha value is -3.22. The van der Waals surface area contributed by atoms with Gasteiger partial charge in [-0.05, 0) is 35.4 Å². The van der Waals surface area contributed by atoms with Crippen LogP contribution in [-0.2, 0) is 9.53 Å². The van der Waals surface area contributed by atoms with E-state index < -0.39 is 12.1 Å². The summed E-state index contributed by atoms with van der Waals surface area (Å²) in [5.74, 6) is 6.25. The van der Waals surface area contributed by atoms with Crippen molar-refractivity contribution < 1.29 is 22.7 Å². The zero-order chi connectivity index (χ0) is 19.7. The van der Waals surface area contributed by atoms with Crippen LogP contribution in [0.5, 0.6) is 0 Å². The van der Waals surface area contributed by atoms with Crippen molar-refractivity contribution in [1.82, 2.24) is 5.32 Å². The van der Waals surface area contributed by atoms with Crippen molar-refractivity contribution in [3.8, 4) is 35.3 Å². The Labute approximate surface area is 155 Å². The summed E-state index contributed by atoms with van der Waals surface area (Å²) in [6.45, 7) is -0.229. The first-order chi connectivity index (χ1) is 12.9. The third-order valence-electron chi connectivity index (χ3n) is 3.47. The van der Waals surface area contributed by atoms with Crippen LogP contribution < -0.4 is 5.32 Å². The Morgan fingerprint density at radius 1 is 1.00 bits per heavy atom. The molecule has 0 saturated carbocycles. The number of hydrogen-bond acceptors (Lipinski definition) is 2. The van der Waals surface area contributed by atoms with Gasteiger partial charge in [-0.15, -0.1) is 6.42 Å². The van der Waals surface area contributed by atoms with E-state index >= 15 is 0 Å². The molecule has 0 bridgehead atoms. The number of carbonyl (C=O) groups is 1. The summed E-state index contributed by atoms with van der Waals surface area (Å²) in [5, 5.41) is 1.71. The largest absolute Gasteiger partial charge is 0.471 e. The lowest BCUT2D eigenvalue weighted by atomic mass is 10.0. The second kappa shape index (κ2) is 9.47. The van der Waals surface area contributed by atoms with Crippen LogP contribution in [0.2, 0.25) is 0 Å². The molecule has 0 unspecified atom stereocenters. The summed E-state index contributed by atoms with van der Waals surface area (Å²) in [4.78, 5) is 10.6. The van der Waals surface area contributed by atoms with Crippen molar-refractivity contribution in [2.24, 2.45) is 0 Å². The molecule has 0 aliphatic rings. The fourth-order valence-corrected chi connectivity index (χ4v) is 2.10. The van der Waals surface area contributed by atoms with Gasteiger partial charge >= 0.3 is 12.1 Å². The van der Waals surface area contributed by atoms with E-state index in [4.69, 9.17) is 11.2 Å². The number of amides is 1. The predicted molar refractivity (Wildman–Crippen MR) is 96.6 cm³/mol. The number of rotatable bonds is 5. The normalized spacial score (nSPS) is 10.4. The number of nitrogens with one attached hydrogen (secondary N) is 1. The van der Waals surface area contributed by atoms with Crippen molar-refractivity contribution in [1.29, 1.82) is 0 Å². The second-order valence-electron chi connectivity index (χ2n) is 5.41.